The average Bonchev–Trinajstić information content (AvgIpc) is 2.17. The van der Waals surface area contributed by atoms with Gasteiger partial charge in [0.25, 0.3) is 5.69 Å². The van der Waals surface area contributed by atoms with Gasteiger partial charge in [-0.1, -0.05) is 0 Å². The molecule has 0 saturated carbocycles. The van der Waals surface area contributed by atoms with Crippen molar-refractivity contribution in [3.05, 3.63) is 36.9 Å². The summed E-state index contributed by atoms with van der Waals surface area (Å²) in [6.45, 7) is -0.311. The van der Waals surface area contributed by atoms with Crippen LogP contribution in [0.2, 0.25) is 0 Å². The topological polar surface area (TPSA) is 87.2 Å². The first-order chi connectivity index (χ1) is 6.60. The number of hydrogen-bond donors (Lipinski definition) is 1. The van der Waals surface area contributed by atoms with Crippen LogP contribution >= 0.6 is 22.6 Å². The Morgan fingerprint density at radius 2 is 2.29 bits per heavy atom. The van der Waals surface area contributed by atoms with E-state index >= 15 is 0 Å². The third kappa shape index (κ3) is 2.00. The lowest BCUT2D eigenvalue weighted by Gasteiger charge is -2.02. The molecular formula is C8H5IN2O3. The highest BCUT2D eigenvalue weighted by molar-refractivity contribution is 14.1. The number of rotatable bonds is 2. The number of benzene rings is 1. The molecule has 0 saturated heterocycles. The van der Waals surface area contributed by atoms with Crippen LogP contribution in [0, 0.1) is 25.0 Å². The van der Waals surface area contributed by atoms with E-state index in [0.29, 0.717) is 9.13 Å². The fraction of sp³-hybridized carbons (Fsp3) is 0.125. The van der Waals surface area contributed by atoms with E-state index in [4.69, 9.17) is 10.4 Å². The fourth-order valence-electron chi connectivity index (χ4n) is 0.970. The van der Waals surface area contributed by atoms with Crippen LogP contribution in [0.1, 0.15) is 11.1 Å². The van der Waals surface area contributed by atoms with Gasteiger partial charge in [0.15, 0.2) is 0 Å². The van der Waals surface area contributed by atoms with Gasteiger partial charge >= 0.3 is 0 Å². The van der Waals surface area contributed by atoms with Gasteiger partial charge in [-0.3, -0.25) is 10.1 Å². The second kappa shape index (κ2) is 4.34. The largest absolute Gasteiger partial charge is 0.392 e. The van der Waals surface area contributed by atoms with Crippen molar-refractivity contribution in [1.82, 2.24) is 0 Å². The first-order valence-corrected chi connectivity index (χ1v) is 4.65. The number of nitro benzene ring substituents is 1. The number of nitrogens with zero attached hydrogens (tertiary/aromatic N) is 2. The van der Waals surface area contributed by atoms with Gasteiger partial charge in [0.1, 0.15) is 6.07 Å². The van der Waals surface area contributed by atoms with Crippen molar-refractivity contribution in [2.45, 2.75) is 6.61 Å². The van der Waals surface area contributed by atoms with E-state index in [2.05, 4.69) is 0 Å². The summed E-state index contributed by atoms with van der Waals surface area (Å²) in [6, 6.07) is 4.30. The van der Waals surface area contributed by atoms with Gasteiger partial charge in [-0.25, -0.2) is 0 Å². The van der Waals surface area contributed by atoms with Gasteiger partial charge in [0, 0.05) is 15.7 Å². The molecule has 6 heteroatoms. The summed E-state index contributed by atoms with van der Waals surface area (Å²) in [6.07, 6.45) is 0. The molecule has 1 aromatic rings. The van der Waals surface area contributed by atoms with Crippen LogP contribution in [0.4, 0.5) is 5.69 Å². The summed E-state index contributed by atoms with van der Waals surface area (Å²) in [7, 11) is 0. The molecule has 72 valence electrons. The van der Waals surface area contributed by atoms with Gasteiger partial charge in [0.05, 0.1) is 17.1 Å². The van der Waals surface area contributed by atoms with E-state index < -0.39 is 4.92 Å². The first-order valence-electron chi connectivity index (χ1n) is 3.58. The SMILES string of the molecule is N#Cc1cc([N+](=O)[O-])cc(CO)c1I. The molecule has 0 radical (unpaired) electrons. The van der Waals surface area contributed by atoms with Crippen molar-refractivity contribution in [1.29, 1.82) is 5.26 Å². The van der Waals surface area contributed by atoms with Crippen molar-refractivity contribution in [3.63, 3.8) is 0 Å². The molecule has 0 heterocycles. The second-order valence-corrected chi connectivity index (χ2v) is 3.57. The first kappa shape index (κ1) is 10.9. The highest BCUT2D eigenvalue weighted by Crippen LogP contribution is 2.23. The monoisotopic (exact) mass is 304 g/mol. The zero-order valence-electron chi connectivity index (χ0n) is 6.90. The van der Waals surface area contributed by atoms with Crippen LogP contribution in [-0.4, -0.2) is 10.0 Å². The Kier molecular flexibility index (Phi) is 3.38. The molecular weight excluding hydrogens is 299 g/mol. The second-order valence-electron chi connectivity index (χ2n) is 2.49. The quantitative estimate of drug-likeness (QED) is 0.510. The Hall–Kier alpha value is -1.20. The highest BCUT2D eigenvalue weighted by atomic mass is 127. The molecule has 0 fully saturated rings. The van der Waals surface area contributed by atoms with Gasteiger partial charge in [-0.2, -0.15) is 5.26 Å². The zero-order valence-corrected chi connectivity index (χ0v) is 9.06. The van der Waals surface area contributed by atoms with E-state index in [9.17, 15) is 10.1 Å². The minimum Gasteiger partial charge on any atom is -0.392 e. The number of halogens is 1. The maximum absolute atomic E-state index is 10.5. The summed E-state index contributed by atoms with van der Waals surface area (Å²) >= 11 is 1.88. The summed E-state index contributed by atoms with van der Waals surface area (Å²) in [5.74, 6) is 0. The fourth-order valence-corrected chi connectivity index (χ4v) is 1.57. The number of non-ortho nitro benzene ring substituents is 1. The zero-order chi connectivity index (χ0) is 10.7. The lowest BCUT2D eigenvalue weighted by Crippen LogP contribution is -1.97. The molecule has 0 aliphatic carbocycles. The summed E-state index contributed by atoms with van der Waals surface area (Å²) in [4.78, 5) is 9.87. The minimum absolute atomic E-state index is 0.175. The normalized spacial score (nSPS) is 9.50. The van der Waals surface area contributed by atoms with Crippen LogP contribution in [0.3, 0.4) is 0 Å². The molecule has 1 N–H and O–H groups in total. The summed E-state index contributed by atoms with van der Waals surface area (Å²) in [5.41, 5.74) is 0.436. The maximum atomic E-state index is 10.5. The Balaban J connectivity index is 3.41. The van der Waals surface area contributed by atoms with Crippen LogP contribution in [0.5, 0.6) is 0 Å². The maximum Gasteiger partial charge on any atom is 0.271 e. The van der Waals surface area contributed by atoms with Crippen molar-refractivity contribution >= 4 is 28.3 Å². The lowest BCUT2D eigenvalue weighted by molar-refractivity contribution is -0.385. The smallest absolute Gasteiger partial charge is 0.271 e. The number of nitriles is 1. The van der Waals surface area contributed by atoms with E-state index in [-0.39, 0.29) is 17.9 Å². The molecule has 5 nitrogen and oxygen atoms in total. The number of aliphatic hydroxyl groups is 1. The Bertz CT molecular complexity index is 425. The van der Waals surface area contributed by atoms with Crippen LogP contribution < -0.4 is 0 Å². The number of nitro groups is 1. The molecule has 0 atom stereocenters. The van der Waals surface area contributed by atoms with Gasteiger partial charge in [-0.15, -0.1) is 0 Å². The molecule has 0 aliphatic rings. The molecule has 1 aromatic carbocycles. The van der Waals surface area contributed by atoms with Crippen LogP contribution in [0.15, 0.2) is 12.1 Å². The molecule has 0 aromatic heterocycles. The summed E-state index contributed by atoms with van der Waals surface area (Å²) < 4.78 is 0.554. The van der Waals surface area contributed by atoms with E-state index in [1.54, 1.807) is 0 Å². The van der Waals surface area contributed by atoms with E-state index in [1.807, 2.05) is 28.7 Å². The Morgan fingerprint density at radius 3 is 2.71 bits per heavy atom. The van der Waals surface area contributed by atoms with Gasteiger partial charge < -0.3 is 5.11 Å². The van der Waals surface area contributed by atoms with Gasteiger partial charge in [0.2, 0.25) is 0 Å². The summed E-state index contributed by atoms with van der Waals surface area (Å²) in [5, 5.41) is 28.1. The minimum atomic E-state index is -0.587. The molecule has 0 bridgehead atoms. The standard InChI is InChI=1S/C8H5IN2O3/c9-8-5(3-10)1-7(11(13)14)2-6(8)4-12/h1-2,12H,4H2. The van der Waals surface area contributed by atoms with Crippen molar-refractivity contribution in [2.24, 2.45) is 0 Å². The predicted molar refractivity (Wildman–Crippen MR) is 56.5 cm³/mol. The number of aliphatic hydroxyl groups excluding tert-OH is 1. The highest BCUT2D eigenvalue weighted by Gasteiger charge is 2.13. The molecule has 0 amide bonds. The lowest BCUT2D eigenvalue weighted by atomic mass is 10.1. The van der Waals surface area contributed by atoms with Crippen molar-refractivity contribution in [2.75, 3.05) is 0 Å². The van der Waals surface area contributed by atoms with Crippen LogP contribution in [0.25, 0.3) is 0 Å². The molecule has 1 rings (SSSR count). The number of hydrogen-bond acceptors (Lipinski definition) is 4. The third-order valence-electron chi connectivity index (χ3n) is 1.63. The molecule has 14 heavy (non-hydrogen) atoms. The predicted octanol–water partition coefficient (Wildman–Crippen LogP) is 1.56. The van der Waals surface area contributed by atoms with Crippen molar-refractivity contribution < 1.29 is 10.0 Å². The van der Waals surface area contributed by atoms with Gasteiger partial charge in [-0.05, 0) is 28.2 Å². The van der Waals surface area contributed by atoms with Crippen LogP contribution in [-0.2, 0) is 6.61 Å². The Labute approximate surface area is 93.3 Å². The molecule has 0 aliphatic heterocycles. The van der Waals surface area contributed by atoms with Crippen molar-refractivity contribution in [3.8, 4) is 6.07 Å². The third-order valence-corrected chi connectivity index (χ3v) is 2.91. The Morgan fingerprint density at radius 1 is 1.64 bits per heavy atom. The molecule has 0 spiro atoms. The molecule has 0 unspecified atom stereocenters. The van der Waals surface area contributed by atoms with E-state index in [0.717, 1.165) is 0 Å². The van der Waals surface area contributed by atoms with E-state index in [1.165, 1.54) is 12.1 Å². The average molecular weight is 304 g/mol.